The highest BCUT2D eigenvalue weighted by molar-refractivity contribution is 9.08. The minimum absolute atomic E-state index is 0.0219. The first-order valence-corrected chi connectivity index (χ1v) is 5.57. The number of aliphatic carboxylic acids is 1. The lowest BCUT2D eigenvalue weighted by atomic mass is 10.1. The Morgan fingerprint density at radius 3 is 2.56 bits per heavy atom. The number of aromatic nitrogens is 1. The molecule has 0 spiro atoms. The van der Waals surface area contributed by atoms with Crippen molar-refractivity contribution in [3.63, 3.8) is 0 Å². The number of carboxylic acids is 1. The van der Waals surface area contributed by atoms with E-state index in [0.717, 1.165) is 0 Å². The van der Waals surface area contributed by atoms with Gasteiger partial charge in [0.15, 0.2) is 5.82 Å². The van der Waals surface area contributed by atoms with Gasteiger partial charge in [0.2, 0.25) is 0 Å². The number of nitrogens with zero attached hydrogens (tertiary/aromatic N) is 1. The summed E-state index contributed by atoms with van der Waals surface area (Å²) < 4.78 is 52.4. The predicted molar refractivity (Wildman–Crippen MR) is 54.8 cm³/mol. The molecule has 0 aromatic carbocycles. The Morgan fingerprint density at radius 2 is 2.11 bits per heavy atom. The summed E-state index contributed by atoms with van der Waals surface area (Å²) in [5, 5.41) is 8.53. The summed E-state index contributed by atoms with van der Waals surface area (Å²) >= 11 is 2.92. The van der Waals surface area contributed by atoms with E-state index in [4.69, 9.17) is 5.11 Å². The highest BCUT2D eigenvalue weighted by atomic mass is 79.9. The minimum atomic E-state index is -5.06. The van der Waals surface area contributed by atoms with E-state index in [-0.39, 0.29) is 16.6 Å². The maximum Gasteiger partial charge on any atom is 0.574 e. The number of ether oxygens (including phenoxy) is 1. The third kappa shape index (κ3) is 4.13. The van der Waals surface area contributed by atoms with Crippen molar-refractivity contribution in [3.8, 4) is 5.88 Å². The molecule has 1 rings (SSSR count). The van der Waals surface area contributed by atoms with Crippen molar-refractivity contribution in [2.75, 3.05) is 0 Å². The SMILES string of the molecule is O=C(O)Cc1cc(F)c(OC(F)(F)F)nc1CBr. The number of carboxylic acid groups (broad SMARTS) is 1. The predicted octanol–water partition coefficient (Wildman–Crippen LogP) is 2.64. The fraction of sp³-hybridized carbons (Fsp3) is 0.333. The molecule has 0 amide bonds. The monoisotopic (exact) mass is 331 g/mol. The van der Waals surface area contributed by atoms with Crippen LogP contribution in [-0.2, 0) is 16.5 Å². The molecule has 0 fully saturated rings. The van der Waals surface area contributed by atoms with Crippen molar-refractivity contribution in [3.05, 3.63) is 23.1 Å². The Labute approximate surface area is 107 Å². The van der Waals surface area contributed by atoms with E-state index in [1.54, 1.807) is 0 Å². The highest BCUT2D eigenvalue weighted by Crippen LogP contribution is 2.26. The van der Waals surface area contributed by atoms with Crippen molar-refractivity contribution in [2.24, 2.45) is 0 Å². The maximum absolute atomic E-state index is 13.3. The number of hydrogen-bond donors (Lipinski definition) is 1. The van der Waals surface area contributed by atoms with Crippen LogP contribution in [0.4, 0.5) is 17.6 Å². The molecule has 0 radical (unpaired) electrons. The molecule has 1 N–H and O–H groups in total. The van der Waals surface area contributed by atoms with E-state index in [0.29, 0.717) is 6.07 Å². The van der Waals surface area contributed by atoms with Gasteiger partial charge in [0.05, 0.1) is 12.1 Å². The number of hydrogen-bond acceptors (Lipinski definition) is 3. The summed E-state index contributed by atoms with van der Waals surface area (Å²) in [4.78, 5) is 13.8. The minimum Gasteiger partial charge on any atom is -0.481 e. The molecule has 0 aliphatic rings. The Balaban J connectivity index is 3.13. The van der Waals surface area contributed by atoms with Crippen LogP contribution < -0.4 is 4.74 Å². The first kappa shape index (κ1) is 14.7. The van der Waals surface area contributed by atoms with Crippen LogP contribution in [0.15, 0.2) is 6.07 Å². The molecule has 0 atom stereocenters. The van der Waals surface area contributed by atoms with E-state index < -0.39 is 30.4 Å². The quantitative estimate of drug-likeness (QED) is 0.680. The average Bonchev–Trinajstić information content (AvgIpc) is 2.19. The van der Waals surface area contributed by atoms with Crippen LogP contribution in [0.2, 0.25) is 0 Å². The van der Waals surface area contributed by atoms with Gasteiger partial charge in [0, 0.05) is 5.33 Å². The molecule has 0 aliphatic heterocycles. The van der Waals surface area contributed by atoms with Crippen molar-refractivity contribution in [1.82, 2.24) is 4.98 Å². The van der Waals surface area contributed by atoms with Gasteiger partial charge >= 0.3 is 12.3 Å². The number of rotatable bonds is 4. The van der Waals surface area contributed by atoms with E-state index in [2.05, 4.69) is 25.7 Å². The highest BCUT2D eigenvalue weighted by Gasteiger charge is 2.33. The summed E-state index contributed by atoms with van der Waals surface area (Å²) in [6.45, 7) is 0. The van der Waals surface area contributed by atoms with Crippen LogP contribution >= 0.6 is 15.9 Å². The first-order chi connectivity index (χ1) is 8.23. The Kier molecular flexibility index (Phi) is 4.49. The third-order valence-electron chi connectivity index (χ3n) is 1.79. The number of alkyl halides is 4. The Hall–Kier alpha value is -1.38. The standard InChI is InChI=1S/C9H6BrF4NO3/c10-3-6-4(2-7(16)17)1-5(11)8(15-6)18-9(12,13)14/h1H,2-3H2,(H,16,17). The molecule has 0 bridgehead atoms. The van der Waals surface area contributed by atoms with Crippen LogP contribution in [0.5, 0.6) is 5.88 Å². The van der Waals surface area contributed by atoms with Gasteiger partial charge in [-0.15, -0.1) is 13.2 Å². The molecule has 1 aromatic rings. The Bertz CT molecular complexity index is 464. The lowest BCUT2D eigenvalue weighted by Gasteiger charge is -2.11. The summed E-state index contributed by atoms with van der Waals surface area (Å²) in [5.41, 5.74) is -0.0514. The van der Waals surface area contributed by atoms with Crippen molar-refractivity contribution >= 4 is 21.9 Å². The van der Waals surface area contributed by atoms with Gasteiger partial charge in [-0.25, -0.2) is 9.37 Å². The van der Waals surface area contributed by atoms with Crippen LogP contribution in [0.1, 0.15) is 11.3 Å². The molecule has 100 valence electrons. The summed E-state index contributed by atoms with van der Waals surface area (Å²) in [5.74, 6) is -3.85. The largest absolute Gasteiger partial charge is 0.574 e. The molecular formula is C9H6BrF4NO3. The lowest BCUT2D eigenvalue weighted by Crippen LogP contribution is -2.19. The van der Waals surface area contributed by atoms with Gasteiger partial charge in [0.1, 0.15) is 0 Å². The second-order valence-electron chi connectivity index (χ2n) is 3.13. The topological polar surface area (TPSA) is 59.4 Å². The Morgan fingerprint density at radius 1 is 1.50 bits per heavy atom. The zero-order chi connectivity index (χ0) is 13.9. The van der Waals surface area contributed by atoms with Crippen molar-refractivity contribution in [1.29, 1.82) is 0 Å². The molecule has 1 aromatic heterocycles. The van der Waals surface area contributed by atoms with Crippen LogP contribution in [-0.4, -0.2) is 22.4 Å². The van der Waals surface area contributed by atoms with Crippen LogP contribution in [0.3, 0.4) is 0 Å². The van der Waals surface area contributed by atoms with E-state index >= 15 is 0 Å². The van der Waals surface area contributed by atoms with Gasteiger partial charge in [-0.2, -0.15) is 0 Å². The van der Waals surface area contributed by atoms with Gasteiger partial charge in [-0.3, -0.25) is 4.79 Å². The smallest absolute Gasteiger partial charge is 0.481 e. The average molecular weight is 332 g/mol. The summed E-state index contributed by atoms with van der Waals surface area (Å²) in [6.07, 6.45) is -5.61. The van der Waals surface area contributed by atoms with Gasteiger partial charge < -0.3 is 9.84 Å². The molecule has 0 saturated carbocycles. The van der Waals surface area contributed by atoms with Crippen molar-refractivity contribution < 1.29 is 32.2 Å². The van der Waals surface area contributed by atoms with Gasteiger partial charge in [0.25, 0.3) is 5.88 Å². The fourth-order valence-electron chi connectivity index (χ4n) is 1.16. The first-order valence-electron chi connectivity index (χ1n) is 4.44. The molecule has 0 aliphatic carbocycles. The van der Waals surface area contributed by atoms with Crippen molar-refractivity contribution in [2.45, 2.75) is 18.1 Å². The van der Waals surface area contributed by atoms with Gasteiger partial charge in [-0.1, -0.05) is 15.9 Å². The second-order valence-corrected chi connectivity index (χ2v) is 3.69. The fourth-order valence-corrected chi connectivity index (χ4v) is 1.64. The number of pyridine rings is 1. The lowest BCUT2D eigenvalue weighted by molar-refractivity contribution is -0.277. The zero-order valence-corrected chi connectivity index (χ0v) is 10.2. The molecule has 18 heavy (non-hydrogen) atoms. The molecule has 4 nitrogen and oxygen atoms in total. The normalized spacial score (nSPS) is 11.4. The maximum atomic E-state index is 13.3. The molecular weight excluding hydrogens is 326 g/mol. The number of halogens is 5. The molecule has 9 heteroatoms. The molecule has 0 unspecified atom stereocenters. The van der Waals surface area contributed by atoms with Gasteiger partial charge in [-0.05, 0) is 11.6 Å². The van der Waals surface area contributed by atoms with E-state index in [1.165, 1.54) is 0 Å². The summed E-state index contributed by atoms with van der Waals surface area (Å²) in [7, 11) is 0. The van der Waals surface area contributed by atoms with Crippen LogP contribution in [0.25, 0.3) is 0 Å². The second kappa shape index (κ2) is 5.51. The zero-order valence-electron chi connectivity index (χ0n) is 8.59. The number of carbonyl (C=O) groups is 1. The van der Waals surface area contributed by atoms with Crippen LogP contribution in [0, 0.1) is 5.82 Å². The summed E-state index contributed by atoms with van der Waals surface area (Å²) in [6, 6.07) is 0.665. The molecule has 1 heterocycles. The molecule has 0 saturated heterocycles. The van der Waals surface area contributed by atoms with E-state index in [9.17, 15) is 22.4 Å². The van der Waals surface area contributed by atoms with E-state index in [1.807, 2.05) is 0 Å². The third-order valence-corrected chi connectivity index (χ3v) is 2.32.